The molecule has 0 radical (unpaired) electrons. The average molecular weight is 221 g/mol. The summed E-state index contributed by atoms with van der Waals surface area (Å²) in [6.07, 6.45) is 8.40. The number of nitrogens with zero attached hydrogens (tertiary/aromatic N) is 1. The maximum absolute atomic E-state index is 5.48. The number of aryl methyl sites for hydroxylation is 1. The fourth-order valence-corrected chi connectivity index (χ4v) is 3.63. The van der Waals surface area contributed by atoms with Crippen molar-refractivity contribution in [2.45, 2.75) is 45.3 Å². The van der Waals surface area contributed by atoms with Gasteiger partial charge in [0.05, 0.1) is 6.26 Å². The van der Waals surface area contributed by atoms with Gasteiger partial charge in [-0.3, -0.25) is 0 Å². The highest BCUT2D eigenvalue weighted by molar-refractivity contribution is 7.09. The van der Waals surface area contributed by atoms with Crippen LogP contribution >= 0.6 is 11.3 Å². The minimum Gasteiger partial charge on any atom is -0.476 e. The molecule has 1 aliphatic carbocycles. The smallest absolute Gasteiger partial charge is 0.187 e. The number of thiophene rings is 1. The van der Waals surface area contributed by atoms with E-state index in [1.165, 1.54) is 47.6 Å². The third-order valence-electron chi connectivity index (χ3n) is 3.12. The molecule has 80 valence electrons. The first kappa shape index (κ1) is 9.40. The van der Waals surface area contributed by atoms with E-state index < -0.39 is 0 Å². The van der Waals surface area contributed by atoms with Crippen LogP contribution in [0.5, 0.6) is 0 Å². The first-order valence-corrected chi connectivity index (χ1v) is 6.50. The number of rotatable bonds is 0. The summed E-state index contributed by atoms with van der Waals surface area (Å²) in [5.74, 6) is 0. The van der Waals surface area contributed by atoms with Gasteiger partial charge in [0.1, 0.15) is 4.67 Å². The lowest BCUT2D eigenvalue weighted by atomic mass is 10.1. The van der Waals surface area contributed by atoms with Gasteiger partial charge in [-0.15, -0.1) is 11.3 Å². The fourth-order valence-electron chi connectivity index (χ4n) is 2.33. The molecule has 3 heteroatoms. The molecule has 0 amide bonds. The van der Waals surface area contributed by atoms with Gasteiger partial charge in [0.2, 0.25) is 0 Å². The first-order chi connectivity index (χ1) is 7.34. The van der Waals surface area contributed by atoms with Crippen LogP contribution in [-0.4, -0.2) is 6.23 Å². The van der Waals surface area contributed by atoms with Gasteiger partial charge in [-0.25, -0.2) is 4.99 Å². The molecule has 2 nitrogen and oxygen atoms in total. The minimum absolute atomic E-state index is 0.000194. The Hall–Kier alpha value is -0.830. The quantitative estimate of drug-likeness (QED) is 0.612. The van der Waals surface area contributed by atoms with Gasteiger partial charge in [-0.05, 0) is 38.2 Å². The molecule has 1 atom stereocenters. The molecular formula is C12H15NOS. The molecule has 0 N–H and O–H groups in total. The minimum atomic E-state index is -0.000194. The zero-order chi connectivity index (χ0) is 10.3. The lowest BCUT2D eigenvalue weighted by Crippen LogP contribution is -2.29. The van der Waals surface area contributed by atoms with Gasteiger partial charge in [0.25, 0.3) is 0 Å². The second-order valence-corrected chi connectivity index (χ2v) is 5.35. The summed E-state index contributed by atoms with van der Waals surface area (Å²) in [6, 6.07) is 0. The summed E-state index contributed by atoms with van der Waals surface area (Å²) in [5.41, 5.74) is 1.52. The van der Waals surface area contributed by atoms with Gasteiger partial charge < -0.3 is 4.74 Å². The van der Waals surface area contributed by atoms with E-state index in [-0.39, 0.29) is 6.23 Å². The molecule has 15 heavy (non-hydrogen) atoms. The van der Waals surface area contributed by atoms with Crippen molar-refractivity contribution in [1.82, 2.24) is 0 Å². The molecule has 2 aliphatic rings. The van der Waals surface area contributed by atoms with Crippen LogP contribution in [0.3, 0.4) is 0 Å². The van der Waals surface area contributed by atoms with E-state index in [0.717, 1.165) is 0 Å². The molecule has 1 unspecified atom stereocenters. The van der Waals surface area contributed by atoms with Gasteiger partial charge in [-0.1, -0.05) is 6.42 Å². The van der Waals surface area contributed by atoms with Crippen LogP contribution < -0.4 is 9.89 Å². The van der Waals surface area contributed by atoms with Crippen LogP contribution in [0, 0.1) is 0 Å². The number of ether oxygens (including phenoxy) is 1. The van der Waals surface area contributed by atoms with Crippen molar-refractivity contribution in [2.24, 2.45) is 4.99 Å². The molecular weight excluding hydrogens is 206 g/mol. The third-order valence-corrected chi connectivity index (χ3v) is 4.34. The zero-order valence-electron chi connectivity index (χ0n) is 8.95. The molecule has 1 aromatic rings. The Balaban J connectivity index is 2.20. The molecule has 0 saturated carbocycles. The van der Waals surface area contributed by atoms with E-state index in [1.54, 1.807) is 4.88 Å². The standard InChI is InChI=1S/C12H15NOS/c1-8-13-12-10(7-14-8)9-5-3-2-4-6-11(9)15-12/h7-8H,2-6H2,1H3. The summed E-state index contributed by atoms with van der Waals surface area (Å²) in [7, 11) is 0. The summed E-state index contributed by atoms with van der Waals surface area (Å²) < 4.78 is 6.68. The van der Waals surface area contributed by atoms with Gasteiger partial charge in [0, 0.05) is 10.1 Å². The van der Waals surface area contributed by atoms with E-state index in [1.807, 2.05) is 24.5 Å². The topological polar surface area (TPSA) is 21.6 Å². The van der Waals surface area contributed by atoms with Crippen LogP contribution in [0.15, 0.2) is 4.99 Å². The van der Waals surface area contributed by atoms with Crippen molar-refractivity contribution in [3.63, 3.8) is 0 Å². The summed E-state index contributed by atoms with van der Waals surface area (Å²) in [5, 5.41) is 1.27. The molecule has 3 rings (SSSR count). The maximum atomic E-state index is 5.48. The SMILES string of the molecule is CC1N=c2sc3c(c2=CO1)CCCCC3. The van der Waals surface area contributed by atoms with Crippen LogP contribution in [0.2, 0.25) is 0 Å². The normalized spacial score (nSPS) is 23.9. The van der Waals surface area contributed by atoms with Crippen molar-refractivity contribution in [2.75, 3.05) is 0 Å². The molecule has 1 aromatic heterocycles. The van der Waals surface area contributed by atoms with E-state index >= 15 is 0 Å². The molecule has 0 spiro atoms. The highest BCUT2D eigenvalue weighted by atomic mass is 32.1. The number of hydrogen-bond donors (Lipinski definition) is 0. The van der Waals surface area contributed by atoms with E-state index in [4.69, 9.17) is 4.74 Å². The lowest BCUT2D eigenvalue weighted by molar-refractivity contribution is 0.199. The second-order valence-electron chi connectivity index (χ2n) is 4.27. The molecule has 0 fully saturated rings. The maximum Gasteiger partial charge on any atom is 0.187 e. The monoisotopic (exact) mass is 221 g/mol. The van der Waals surface area contributed by atoms with Crippen LogP contribution in [0.25, 0.3) is 6.26 Å². The van der Waals surface area contributed by atoms with Gasteiger partial charge >= 0.3 is 0 Å². The van der Waals surface area contributed by atoms with Crippen molar-refractivity contribution in [3.8, 4) is 0 Å². The van der Waals surface area contributed by atoms with Crippen molar-refractivity contribution in [1.29, 1.82) is 0 Å². The lowest BCUT2D eigenvalue weighted by Gasteiger charge is -2.08. The molecule has 0 saturated heterocycles. The highest BCUT2D eigenvalue weighted by Crippen LogP contribution is 2.20. The zero-order valence-corrected chi connectivity index (χ0v) is 9.77. The summed E-state index contributed by atoms with van der Waals surface area (Å²) in [6.45, 7) is 1.99. The number of fused-ring (bicyclic) bond motifs is 3. The Bertz CT molecular complexity index is 488. The molecule has 1 aliphatic heterocycles. The Labute approximate surface area is 93.3 Å². The highest BCUT2D eigenvalue weighted by Gasteiger charge is 2.16. The van der Waals surface area contributed by atoms with Crippen molar-refractivity contribution < 1.29 is 4.74 Å². The molecule has 0 bridgehead atoms. The van der Waals surface area contributed by atoms with Crippen molar-refractivity contribution in [3.05, 3.63) is 20.3 Å². The van der Waals surface area contributed by atoms with Crippen molar-refractivity contribution >= 4 is 17.6 Å². The fraction of sp³-hybridized carbons (Fsp3) is 0.583. The van der Waals surface area contributed by atoms with E-state index in [9.17, 15) is 0 Å². The van der Waals surface area contributed by atoms with Crippen LogP contribution in [-0.2, 0) is 17.6 Å². The summed E-state index contributed by atoms with van der Waals surface area (Å²) in [4.78, 5) is 6.10. The largest absolute Gasteiger partial charge is 0.476 e. The van der Waals surface area contributed by atoms with Gasteiger partial charge in [-0.2, -0.15) is 0 Å². The van der Waals surface area contributed by atoms with E-state index in [2.05, 4.69) is 4.99 Å². The predicted molar refractivity (Wildman–Crippen MR) is 61.4 cm³/mol. The Morgan fingerprint density at radius 3 is 3.13 bits per heavy atom. The first-order valence-electron chi connectivity index (χ1n) is 5.68. The average Bonchev–Trinajstić information content (AvgIpc) is 2.42. The number of hydrogen-bond acceptors (Lipinski definition) is 3. The molecule has 0 aromatic carbocycles. The Kier molecular flexibility index (Phi) is 2.28. The molecule has 2 heterocycles. The Morgan fingerprint density at radius 1 is 1.33 bits per heavy atom. The van der Waals surface area contributed by atoms with Gasteiger partial charge in [0.15, 0.2) is 6.23 Å². The van der Waals surface area contributed by atoms with Crippen LogP contribution in [0.4, 0.5) is 0 Å². The summed E-state index contributed by atoms with van der Waals surface area (Å²) >= 11 is 1.88. The Morgan fingerprint density at radius 2 is 2.20 bits per heavy atom. The predicted octanol–water partition coefficient (Wildman–Crippen LogP) is 1.75. The van der Waals surface area contributed by atoms with E-state index in [0.29, 0.717) is 0 Å². The second kappa shape index (κ2) is 3.63. The third kappa shape index (κ3) is 1.59. The van der Waals surface area contributed by atoms with Crippen LogP contribution in [0.1, 0.15) is 36.6 Å².